The molecule has 0 bridgehead atoms. The maximum atomic E-state index is 12.1. The van der Waals surface area contributed by atoms with Crippen molar-refractivity contribution < 1.29 is 27.8 Å². The van der Waals surface area contributed by atoms with Gasteiger partial charge < -0.3 is 9.84 Å². The molecule has 0 aliphatic heterocycles. The van der Waals surface area contributed by atoms with Gasteiger partial charge in [-0.05, 0) is 17.7 Å². The van der Waals surface area contributed by atoms with Crippen LogP contribution in [0.25, 0.3) is 0 Å². The van der Waals surface area contributed by atoms with Gasteiger partial charge in [-0.25, -0.2) is 4.79 Å². The van der Waals surface area contributed by atoms with Gasteiger partial charge >= 0.3 is 12.1 Å². The van der Waals surface area contributed by atoms with Crippen molar-refractivity contribution in [2.45, 2.75) is 12.3 Å². The van der Waals surface area contributed by atoms with Crippen LogP contribution < -0.4 is 0 Å². The summed E-state index contributed by atoms with van der Waals surface area (Å²) in [6.45, 7) is 0. The molecule has 0 saturated heterocycles. The Morgan fingerprint density at radius 2 is 1.81 bits per heavy atom. The van der Waals surface area contributed by atoms with Crippen LogP contribution in [0.15, 0.2) is 24.3 Å². The van der Waals surface area contributed by atoms with Crippen molar-refractivity contribution in [3.8, 4) is 0 Å². The largest absolute Gasteiger partial charge is 0.465 e. The third kappa shape index (κ3) is 2.73. The molecule has 1 aromatic rings. The van der Waals surface area contributed by atoms with Gasteiger partial charge in [-0.2, -0.15) is 13.2 Å². The van der Waals surface area contributed by atoms with Gasteiger partial charge in [0, 0.05) is 0 Å². The molecule has 0 aromatic heterocycles. The topological polar surface area (TPSA) is 46.5 Å². The number of esters is 1. The quantitative estimate of drug-likeness (QED) is 0.797. The van der Waals surface area contributed by atoms with Crippen LogP contribution in [0.4, 0.5) is 13.2 Å². The average Bonchev–Trinajstić information content (AvgIpc) is 2.26. The molecule has 1 rings (SSSR count). The lowest BCUT2D eigenvalue weighted by Crippen LogP contribution is -2.20. The fourth-order valence-electron chi connectivity index (χ4n) is 1.11. The number of hydrogen-bond acceptors (Lipinski definition) is 3. The Morgan fingerprint density at radius 1 is 1.31 bits per heavy atom. The molecule has 0 radical (unpaired) electrons. The van der Waals surface area contributed by atoms with Gasteiger partial charge in [0.2, 0.25) is 0 Å². The van der Waals surface area contributed by atoms with Crippen LogP contribution >= 0.6 is 0 Å². The second-order valence-corrected chi connectivity index (χ2v) is 3.06. The molecule has 0 aliphatic rings. The Bertz CT molecular complexity index is 370. The molecule has 16 heavy (non-hydrogen) atoms. The van der Waals surface area contributed by atoms with Crippen LogP contribution in [0.5, 0.6) is 0 Å². The summed E-state index contributed by atoms with van der Waals surface area (Å²) in [5.74, 6) is -0.645. The highest BCUT2D eigenvalue weighted by Gasteiger charge is 2.39. The predicted molar refractivity (Wildman–Crippen MR) is 48.8 cm³/mol. The number of aliphatic hydroxyl groups is 1. The molecular weight excluding hydrogens is 225 g/mol. The van der Waals surface area contributed by atoms with E-state index >= 15 is 0 Å². The maximum Gasteiger partial charge on any atom is 0.418 e. The van der Waals surface area contributed by atoms with E-state index in [1.807, 2.05) is 0 Å². The molecule has 0 fully saturated rings. The Kier molecular flexibility index (Phi) is 3.54. The van der Waals surface area contributed by atoms with Crippen LogP contribution in [0.2, 0.25) is 0 Å². The summed E-state index contributed by atoms with van der Waals surface area (Å²) in [6, 6.07) is 4.39. The summed E-state index contributed by atoms with van der Waals surface area (Å²) in [7, 11) is 1.17. The second kappa shape index (κ2) is 4.52. The van der Waals surface area contributed by atoms with E-state index in [-0.39, 0.29) is 11.1 Å². The van der Waals surface area contributed by atoms with Crippen molar-refractivity contribution in [3.63, 3.8) is 0 Å². The number of ether oxygens (including phenoxy) is 1. The Morgan fingerprint density at radius 3 is 2.19 bits per heavy atom. The van der Waals surface area contributed by atoms with Gasteiger partial charge in [0.25, 0.3) is 0 Å². The fourth-order valence-corrected chi connectivity index (χ4v) is 1.11. The SMILES string of the molecule is COC(=O)c1ccc(C(O)C(F)(F)F)cc1. The molecule has 0 spiro atoms. The molecule has 6 heteroatoms. The maximum absolute atomic E-state index is 12.1. The monoisotopic (exact) mass is 234 g/mol. The molecule has 3 nitrogen and oxygen atoms in total. The summed E-state index contributed by atoms with van der Waals surface area (Å²) in [5, 5.41) is 8.90. The van der Waals surface area contributed by atoms with Gasteiger partial charge in [0.1, 0.15) is 0 Å². The number of methoxy groups -OCH3 is 1. The van der Waals surface area contributed by atoms with E-state index in [1.54, 1.807) is 0 Å². The number of rotatable bonds is 2. The van der Waals surface area contributed by atoms with Gasteiger partial charge in [-0.3, -0.25) is 0 Å². The van der Waals surface area contributed by atoms with Crippen molar-refractivity contribution in [2.75, 3.05) is 7.11 Å². The summed E-state index contributed by atoms with van der Waals surface area (Å²) >= 11 is 0. The van der Waals surface area contributed by atoms with E-state index < -0.39 is 18.2 Å². The molecule has 1 N–H and O–H groups in total. The Balaban J connectivity index is 2.91. The summed E-state index contributed by atoms with van der Waals surface area (Å²) in [6.07, 6.45) is -7.26. The molecule has 0 saturated carbocycles. The normalized spacial score (nSPS) is 13.3. The lowest BCUT2D eigenvalue weighted by atomic mass is 10.1. The van der Waals surface area contributed by atoms with Gasteiger partial charge in [0.15, 0.2) is 6.10 Å². The summed E-state index contributed by atoms with van der Waals surface area (Å²) < 4.78 is 40.7. The molecule has 0 heterocycles. The first-order chi connectivity index (χ1) is 7.36. The van der Waals surface area contributed by atoms with Crippen LogP contribution in [-0.4, -0.2) is 24.4 Å². The van der Waals surface area contributed by atoms with E-state index in [9.17, 15) is 18.0 Å². The zero-order chi connectivity index (χ0) is 12.3. The van der Waals surface area contributed by atoms with Crippen LogP contribution in [0, 0.1) is 0 Å². The summed E-state index contributed by atoms with van der Waals surface area (Å²) in [4.78, 5) is 11.0. The zero-order valence-electron chi connectivity index (χ0n) is 8.28. The minimum absolute atomic E-state index is 0.126. The molecule has 1 unspecified atom stereocenters. The van der Waals surface area contributed by atoms with Gasteiger partial charge in [-0.15, -0.1) is 0 Å². The Hall–Kier alpha value is -1.56. The van der Waals surface area contributed by atoms with Gasteiger partial charge in [0.05, 0.1) is 12.7 Å². The predicted octanol–water partition coefficient (Wildman–Crippen LogP) is 2.07. The fraction of sp³-hybridized carbons (Fsp3) is 0.300. The van der Waals surface area contributed by atoms with E-state index in [0.717, 1.165) is 24.3 Å². The highest BCUT2D eigenvalue weighted by atomic mass is 19.4. The van der Waals surface area contributed by atoms with Crippen molar-refractivity contribution >= 4 is 5.97 Å². The van der Waals surface area contributed by atoms with Crippen molar-refractivity contribution in [1.29, 1.82) is 0 Å². The number of aliphatic hydroxyl groups excluding tert-OH is 1. The molecule has 0 aliphatic carbocycles. The van der Waals surface area contributed by atoms with Crippen molar-refractivity contribution in [1.82, 2.24) is 0 Å². The minimum Gasteiger partial charge on any atom is -0.465 e. The van der Waals surface area contributed by atoms with Crippen molar-refractivity contribution in [2.24, 2.45) is 0 Å². The molecule has 1 atom stereocenters. The van der Waals surface area contributed by atoms with Crippen molar-refractivity contribution in [3.05, 3.63) is 35.4 Å². The first kappa shape index (κ1) is 12.5. The first-order valence-corrected chi connectivity index (χ1v) is 4.29. The number of carbonyl (C=O) groups excluding carboxylic acids is 1. The van der Waals surface area contributed by atoms with E-state index in [2.05, 4.69) is 4.74 Å². The molecule has 88 valence electrons. The third-order valence-electron chi connectivity index (χ3n) is 1.96. The number of benzene rings is 1. The second-order valence-electron chi connectivity index (χ2n) is 3.06. The molecular formula is C10H9F3O3. The van der Waals surface area contributed by atoms with Gasteiger partial charge in [-0.1, -0.05) is 12.1 Å². The number of carbonyl (C=O) groups is 1. The van der Waals surface area contributed by atoms with E-state index in [0.29, 0.717) is 0 Å². The van der Waals surface area contributed by atoms with E-state index in [4.69, 9.17) is 5.11 Å². The molecule has 1 aromatic carbocycles. The Labute approximate surface area is 89.5 Å². The first-order valence-electron chi connectivity index (χ1n) is 4.29. The minimum atomic E-state index is -4.72. The van der Waals surface area contributed by atoms with Crippen LogP contribution in [0.3, 0.4) is 0 Å². The lowest BCUT2D eigenvalue weighted by Gasteiger charge is -2.14. The smallest absolute Gasteiger partial charge is 0.418 e. The number of halogens is 3. The number of alkyl halides is 3. The molecule has 0 amide bonds. The number of hydrogen-bond donors (Lipinski definition) is 1. The van der Waals surface area contributed by atoms with Crippen LogP contribution in [-0.2, 0) is 4.74 Å². The third-order valence-corrected chi connectivity index (χ3v) is 1.96. The standard InChI is InChI=1S/C10H9F3O3/c1-16-9(15)7-4-2-6(3-5-7)8(14)10(11,12)13/h2-5,8,14H,1H3. The van der Waals surface area contributed by atoms with Crippen LogP contribution in [0.1, 0.15) is 22.0 Å². The highest BCUT2D eigenvalue weighted by molar-refractivity contribution is 5.89. The summed E-state index contributed by atoms with van der Waals surface area (Å²) in [5.41, 5.74) is -0.194. The average molecular weight is 234 g/mol. The van der Waals surface area contributed by atoms with E-state index in [1.165, 1.54) is 7.11 Å². The highest BCUT2D eigenvalue weighted by Crippen LogP contribution is 2.32. The lowest BCUT2D eigenvalue weighted by molar-refractivity contribution is -0.206. The zero-order valence-corrected chi connectivity index (χ0v) is 8.28.